The number of carbonyl (C=O) groups is 1. The third-order valence-corrected chi connectivity index (χ3v) is 2.24. The lowest BCUT2D eigenvalue weighted by molar-refractivity contribution is 0.0494. The van der Waals surface area contributed by atoms with Gasteiger partial charge in [-0.2, -0.15) is 0 Å². The molecule has 1 amide bonds. The van der Waals surface area contributed by atoms with Crippen LogP contribution < -0.4 is 10.6 Å². The van der Waals surface area contributed by atoms with E-state index in [9.17, 15) is 9.18 Å². The second-order valence-corrected chi connectivity index (χ2v) is 4.83. The first-order valence-corrected chi connectivity index (χ1v) is 5.18. The summed E-state index contributed by atoms with van der Waals surface area (Å²) in [5.74, 6) is -0.141. The molecule has 1 aliphatic heterocycles. The van der Waals surface area contributed by atoms with Crippen LogP contribution in [0.15, 0.2) is 0 Å². The Kier molecular flexibility index (Phi) is 3.90. The molecular formula is C10H19FN2O2. The molecule has 0 radical (unpaired) electrons. The zero-order valence-corrected chi connectivity index (χ0v) is 9.47. The highest BCUT2D eigenvalue weighted by atomic mass is 19.1. The summed E-state index contributed by atoms with van der Waals surface area (Å²) in [5, 5.41) is 5.70. The summed E-state index contributed by atoms with van der Waals surface area (Å²) in [5.41, 5.74) is -0.513. The second-order valence-electron chi connectivity index (χ2n) is 4.83. The molecule has 0 aromatic heterocycles. The third kappa shape index (κ3) is 4.03. The Balaban J connectivity index is 2.37. The standard InChI is InChI=1S/C10H19FN2O2/c1-10(2,3)15-9(14)13-8-6-12-5-7(8)4-11/h7-8,12H,4-6H2,1-3H3,(H,13,14)/t7-,8?/m1/s1. The lowest BCUT2D eigenvalue weighted by atomic mass is 10.1. The number of nitrogens with one attached hydrogen (secondary N) is 2. The molecule has 0 bridgehead atoms. The number of amides is 1. The molecule has 1 unspecified atom stereocenters. The van der Waals surface area contributed by atoms with Crippen molar-refractivity contribution in [2.75, 3.05) is 19.8 Å². The molecule has 15 heavy (non-hydrogen) atoms. The lowest BCUT2D eigenvalue weighted by Gasteiger charge is -2.23. The van der Waals surface area contributed by atoms with Crippen LogP contribution >= 0.6 is 0 Å². The Bertz CT molecular complexity index is 228. The van der Waals surface area contributed by atoms with Gasteiger partial charge in [-0.1, -0.05) is 0 Å². The molecule has 0 spiro atoms. The van der Waals surface area contributed by atoms with E-state index in [4.69, 9.17) is 4.74 Å². The second kappa shape index (κ2) is 4.79. The molecule has 1 fully saturated rings. The zero-order chi connectivity index (χ0) is 11.5. The SMILES string of the molecule is CC(C)(C)OC(=O)NC1CNC[C@H]1CF. The van der Waals surface area contributed by atoms with Crippen molar-refractivity contribution in [3.8, 4) is 0 Å². The summed E-state index contributed by atoms with van der Waals surface area (Å²) in [4.78, 5) is 11.4. The maximum absolute atomic E-state index is 12.5. The number of halogens is 1. The van der Waals surface area contributed by atoms with Gasteiger partial charge in [-0.05, 0) is 20.8 Å². The highest BCUT2D eigenvalue weighted by molar-refractivity contribution is 5.68. The number of hydrogen-bond acceptors (Lipinski definition) is 3. The van der Waals surface area contributed by atoms with Gasteiger partial charge in [0.05, 0.1) is 12.7 Å². The fraction of sp³-hybridized carbons (Fsp3) is 0.900. The van der Waals surface area contributed by atoms with Gasteiger partial charge in [0.1, 0.15) is 5.60 Å². The Morgan fingerprint density at radius 1 is 1.53 bits per heavy atom. The van der Waals surface area contributed by atoms with E-state index in [0.717, 1.165) is 0 Å². The van der Waals surface area contributed by atoms with Crippen molar-refractivity contribution in [2.45, 2.75) is 32.4 Å². The maximum atomic E-state index is 12.5. The average molecular weight is 218 g/mol. The van der Waals surface area contributed by atoms with Gasteiger partial charge in [-0.3, -0.25) is 4.39 Å². The molecule has 0 aromatic rings. The maximum Gasteiger partial charge on any atom is 0.407 e. The van der Waals surface area contributed by atoms with Gasteiger partial charge in [-0.15, -0.1) is 0 Å². The molecule has 5 heteroatoms. The van der Waals surface area contributed by atoms with Gasteiger partial charge in [0.15, 0.2) is 0 Å². The molecule has 1 heterocycles. The molecule has 0 saturated carbocycles. The Morgan fingerprint density at radius 2 is 2.20 bits per heavy atom. The van der Waals surface area contributed by atoms with E-state index in [2.05, 4.69) is 10.6 Å². The largest absolute Gasteiger partial charge is 0.444 e. The number of alkyl halides is 1. The normalized spacial score (nSPS) is 26.4. The molecule has 88 valence electrons. The highest BCUT2D eigenvalue weighted by Gasteiger charge is 2.29. The number of carbonyl (C=O) groups excluding carboxylic acids is 1. The van der Waals surface area contributed by atoms with Crippen molar-refractivity contribution in [2.24, 2.45) is 5.92 Å². The number of alkyl carbamates (subject to hydrolysis) is 1. The van der Waals surface area contributed by atoms with Crippen LogP contribution in [0.1, 0.15) is 20.8 Å². The van der Waals surface area contributed by atoms with Gasteiger partial charge in [-0.25, -0.2) is 4.79 Å². The summed E-state index contributed by atoms with van der Waals surface area (Å²) in [6.45, 7) is 6.18. The van der Waals surface area contributed by atoms with Crippen LogP contribution in [0.5, 0.6) is 0 Å². The first kappa shape index (κ1) is 12.2. The number of ether oxygens (including phenoxy) is 1. The quantitative estimate of drug-likeness (QED) is 0.729. The van der Waals surface area contributed by atoms with E-state index in [-0.39, 0.29) is 12.0 Å². The van der Waals surface area contributed by atoms with E-state index < -0.39 is 18.4 Å². The predicted octanol–water partition coefficient (Wildman–Crippen LogP) is 1.07. The van der Waals surface area contributed by atoms with E-state index in [1.165, 1.54) is 0 Å². The number of rotatable bonds is 2. The van der Waals surface area contributed by atoms with Crippen molar-refractivity contribution < 1.29 is 13.9 Å². The van der Waals surface area contributed by atoms with Crippen molar-refractivity contribution in [1.29, 1.82) is 0 Å². The number of hydrogen-bond donors (Lipinski definition) is 2. The first-order chi connectivity index (χ1) is 6.92. The topological polar surface area (TPSA) is 50.4 Å². The average Bonchev–Trinajstić information content (AvgIpc) is 2.48. The van der Waals surface area contributed by atoms with Crippen molar-refractivity contribution in [1.82, 2.24) is 10.6 Å². The van der Waals surface area contributed by atoms with Crippen molar-refractivity contribution in [3.63, 3.8) is 0 Å². The molecule has 1 saturated heterocycles. The Hall–Kier alpha value is -0.840. The lowest BCUT2D eigenvalue weighted by Crippen LogP contribution is -2.43. The third-order valence-electron chi connectivity index (χ3n) is 2.24. The van der Waals surface area contributed by atoms with Crippen LogP contribution in [0.25, 0.3) is 0 Å². The monoisotopic (exact) mass is 218 g/mol. The molecule has 1 aliphatic rings. The predicted molar refractivity (Wildman–Crippen MR) is 55.5 cm³/mol. The summed E-state index contributed by atoms with van der Waals surface area (Å²) in [7, 11) is 0. The summed E-state index contributed by atoms with van der Waals surface area (Å²) >= 11 is 0. The van der Waals surface area contributed by atoms with E-state index in [1.807, 2.05) is 0 Å². The van der Waals surface area contributed by atoms with Crippen LogP contribution in [0.2, 0.25) is 0 Å². The zero-order valence-electron chi connectivity index (χ0n) is 9.47. The van der Waals surface area contributed by atoms with Crippen LogP contribution in [-0.4, -0.2) is 37.5 Å². The van der Waals surface area contributed by atoms with Crippen LogP contribution in [0, 0.1) is 5.92 Å². The Morgan fingerprint density at radius 3 is 2.73 bits per heavy atom. The minimum absolute atomic E-state index is 0.141. The first-order valence-electron chi connectivity index (χ1n) is 5.18. The van der Waals surface area contributed by atoms with Crippen molar-refractivity contribution >= 4 is 6.09 Å². The van der Waals surface area contributed by atoms with E-state index in [0.29, 0.717) is 13.1 Å². The molecular weight excluding hydrogens is 199 g/mol. The molecule has 2 atom stereocenters. The molecule has 4 nitrogen and oxygen atoms in total. The van der Waals surface area contributed by atoms with Crippen LogP contribution in [0.4, 0.5) is 9.18 Å². The molecule has 1 rings (SSSR count). The summed E-state index contributed by atoms with van der Waals surface area (Å²) in [6, 6.07) is -0.162. The molecule has 0 aliphatic carbocycles. The van der Waals surface area contributed by atoms with Gasteiger partial charge < -0.3 is 15.4 Å². The van der Waals surface area contributed by atoms with Gasteiger partial charge in [0.25, 0.3) is 0 Å². The Labute approximate surface area is 89.6 Å². The van der Waals surface area contributed by atoms with Crippen LogP contribution in [0.3, 0.4) is 0 Å². The van der Waals surface area contributed by atoms with E-state index in [1.54, 1.807) is 20.8 Å². The van der Waals surface area contributed by atoms with Gasteiger partial charge in [0, 0.05) is 19.0 Å². The van der Waals surface area contributed by atoms with Gasteiger partial charge >= 0.3 is 6.09 Å². The molecule has 2 N–H and O–H groups in total. The highest BCUT2D eigenvalue weighted by Crippen LogP contribution is 2.11. The van der Waals surface area contributed by atoms with Crippen molar-refractivity contribution in [3.05, 3.63) is 0 Å². The van der Waals surface area contributed by atoms with Crippen LogP contribution in [-0.2, 0) is 4.74 Å². The fourth-order valence-electron chi connectivity index (χ4n) is 1.52. The minimum atomic E-state index is -0.513. The summed E-state index contributed by atoms with van der Waals surface area (Å²) in [6.07, 6.45) is -0.477. The fourth-order valence-corrected chi connectivity index (χ4v) is 1.52. The van der Waals surface area contributed by atoms with Gasteiger partial charge in [0.2, 0.25) is 0 Å². The smallest absolute Gasteiger partial charge is 0.407 e. The summed E-state index contributed by atoms with van der Waals surface area (Å²) < 4.78 is 17.6. The van der Waals surface area contributed by atoms with E-state index >= 15 is 0 Å². The minimum Gasteiger partial charge on any atom is -0.444 e. The molecule has 0 aromatic carbocycles.